The summed E-state index contributed by atoms with van der Waals surface area (Å²) < 4.78 is 0. The van der Waals surface area contributed by atoms with Crippen molar-refractivity contribution < 1.29 is 34.2 Å². The Bertz CT molecular complexity index is 858. The molecule has 0 aliphatic carbocycles. The van der Waals surface area contributed by atoms with Crippen molar-refractivity contribution in [1.29, 1.82) is 0 Å². The molecule has 190 valence electrons. The van der Waals surface area contributed by atoms with Crippen molar-refractivity contribution >= 4 is 29.7 Å². The minimum atomic E-state index is -1.55. The molecule has 0 saturated heterocycles. The standard InChI is InChI=1S/C21H34N6O7/c1-5-11(4)17(27-18(30)13(22)6-12-8-23-9-24-12)20(32)25-14(7-15(28)29)19(31)26-16(10(2)3)21(33)34/h8-11,13-14,16-17H,5-7,22H2,1-4H3,(H,23,24)(H,25,32)(H,26,31)(H,27,30)(H,28,29)(H,33,34). The normalized spacial score (nSPS) is 15.5. The zero-order valence-corrected chi connectivity index (χ0v) is 19.7. The number of hydrogen-bond donors (Lipinski definition) is 7. The second-order valence-electron chi connectivity index (χ2n) is 8.49. The highest BCUT2D eigenvalue weighted by Gasteiger charge is 2.34. The Hall–Kier alpha value is -3.48. The van der Waals surface area contributed by atoms with Gasteiger partial charge in [-0.1, -0.05) is 34.1 Å². The lowest BCUT2D eigenvalue weighted by Gasteiger charge is -2.28. The Morgan fingerprint density at radius 2 is 1.62 bits per heavy atom. The number of aromatic nitrogens is 2. The summed E-state index contributed by atoms with van der Waals surface area (Å²) in [6.07, 6.45) is 2.82. The van der Waals surface area contributed by atoms with Crippen molar-refractivity contribution in [3.05, 3.63) is 18.2 Å². The predicted molar refractivity (Wildman–Crippen MR) is 120 cm³/mol. The van der Waals surface area contributed by atoms with Crippen molar-refractivity contribution in [2.24, 2.45) is 17.6 Å². The maximum absolute atomic E-state index is 13.0. The van der Waals surface area contributed by atoms with Crippen LogP contribution in [0.25, 0.3) is 0 Å². The number of nitrogens with two attached hydrogens (primary N) is 1. The first-order chi connectivity index (χ1) is 15.9. The molecule has 0 aliphatic heterocycles. The summed E-state index contributed by atoms with van der Waals surface area (Å²) >= 11 is 0. The first kappa shape index (κ1) is 28.6. The van der Waals surface area contributed by atoms with Crippen LogP contribution in [-0.2, 0) is 30.4 Å². The molecule has 13 heteroatoms. The molecule has 1 rings (SSSR count). The molecular weight excluding hydrogens is 448 g/mol. The van der Waals surface area contributed by atoms with Gasteiger partial charge in [0.2, 0.25) is 17.7 Å². The first-order valence-corrected chi connectivity index (χ1v) is 11.0. The maximum atomic E-state index is 13.0. The molecule has 0 aromatic carbocycles. The van der Waals surface area contributed by atoms with Crippen LogP contribution < -0.4 is 21.7 Å². The number of rotatable bonds is 14. The van der Waals surface area contributed by atoms with E-state index >= 15 is 0 Å². The molecule has 1 aromatic heterocycles. The third-order valence-electron chi connectivity index (χ3n) is 5.37. The smallest absolute Gasteiger partial charge is 0.326 e. The third-order valence-corrected chi connectivity index (χ3v) is 5.37. The second-order valence-corrected chi connectivity index (χ2v) is 8.49. The summed E-state index contributed by atoms with van der Waals surface area (Å²) in [7, 11) is 0. The number of amides is 3. The number of carboxylic acid groups (broad SMARTS) is 2. The van der Waals surface area contributed by atoms with Gasteiger partial charge in [0.25, 0.3) is 0 Å². The van der Waals surface area contributed by atoms with Crippen molar-refractivity contribution in [2.45, 2.75) is 71.1 Å². The van der Waals surface area contributed by atoms with Crippen LogP contribution in [0.1, 0.15) is 46.2 Å². The quantitative estimate of drug-likeness (QED) is 0.173. The summed E-state index contributed by atoms with van der Waals surface area (Å²) in [5, 5.41) is 25.7. The Labute approximate surface area is 197 Å². The lowest BCUT2D eigenvalue weighted by Crippen LogP contribution is -2.59. The zero-order valence-electron chi connectivity index (χ0n) is 19.7. The van der Waals surface area contributed by atoms with E-state index in [4.69, 9.17) is 5.73 Å². The van der Waals surface area contributed by atoms with Crippen LogP contribution in [0.4, 0.5) is 0 Å². The number of carbonyl (C=O) groups is 5. The molecule has 3 amide bonds. The summed E-state index contributed by atoms with van der Waals surface area (Å²) in [6.45, 7) is 6.65. The van der Waals surface area contributed by atoms with E-state index in [9.17, 15) is 34.2 Å². The summed E-state index contributed by atoms with van der Waals surface area (Å²) in [6, 6.07) is -4.91. The van der Waals surface area contributed by atoms with Gasteiger partial charge in [0.15, 0.2) is 0 Å². The van der Waals surface area contributed by atoms with Gasteiger partial charge >= 0.3 is 11.9 Å². The highest BCUT2D eigenvalue weighted by Crippen LogP contribution is 2.10. The maximum Gasteiger partial charge on any atom is 0.326 e. The van der Waals surface area contributed by atoms with Gasteiger partial charge in [-0.25, -0.2) is 9.78 Å². The van der Waals surface area contributed by atoms with E-state index in [1.807, 2.05) is 0 Å². The number of imidazole rings is 1. The van der Waals surface area contributed by atoms with E-state index in [2.05, 4.69) is 25.9 Å². The van der Waals surface area contributed by atoms with Crippen molar-refractivity contribution in [1.82, 2.24) is 25.9 Å². The number of hydrogen-bond acceptors (Lipinski definition) is 7. The SMILES string of the molecule is CCC(C)C(NC(=O)C(N)Cc1cnc[nH]1)C(=O)NC(CC(=O)O)C(=O)NC(C(=O)O)C(C)C. The molecule has 0 fully saturated rings. The van der Waals surface area contributed by atoms with Crippen molar-refractivity contribution in [3.63, 3.8) is 0 Å². The van der Waals surface area contributed by atoms with Gasteiger partial charge in [0, 0.05) is 18.3 Å². The molecule has 5 atom stereocenters. The van der Waals surface area contributed by atoms with Gasteiger partial charge in [-0.05, 0) is 11.8 Å². The Morgan fingerprint density at radius 1 is 1.00 bits per heavy atom. The van der Waals surface area contributed by atoms with Crippen LogP contribution in [0.15, 0.2) is 12.5 Å². The highest BCUT2D eigenvalue weighted by atomic mass is 16.4. The molecular formula is C21H34N6O7. The van der Waals surface area contributed by atoms with Gasteiger partial charge in [0.1, 0.15) is 18.1 Å². The first-order valence-electron chi connectivity index (χ1n) is 11.0. The zero-order chi connectivity index (χ0) is 26.0. The van der Waals surface area contributed by atoms with Crippen LogP contribution in [-0.4, -0.2) is 74.0 Å². The molecule has 34 heavy (non-hydrogen) atoms. The minimum absolute atomic E-state index is 0.149. The fourth-order valence-corrected chi connectivity index (χ4v) is 3.10. The lowest BCUT2D eigenvalue weighted by molar-refractivity contribution is -0.144. The third kappa shape index (κ3) is 8.81. The van der Waals surface area contributed by atoms with E-state index in [0.717, 1.165) is 0 Å². The fraction of sp³-hybridized carbons (Fsp3) is 0.619. The summed E-state index contributed by atoms with van der Waals surface area (Å²) in [4.78, 5) is 67.6. The van der Waals surface area contributed by atoms with E-state index in [-0.39, 0.29) is 12.3 Å². The molecule has 0 saturated carbocycles. The Morgan fingerprint density at radius 3 is 2.09 bits per heavy atom. The van der Waals surface area contributed by atoms with Crippen molar-refractivity contribution in [3.8, 4) is 0 Å². The summed E-state index contributed by atoms with van der Waals surface area (Å²) in [5.74, 6) is -5.87. The number of H-pyrrole nitrogens is 1. The largest absolute Gasteiger partial charge is 0.481 e. The van der Waals surface area contributed by atoms with Crippen LogP contribution in [0.3, 0.4) is 0 Å². The molecule has 8 N–H and O–H groups in total. The number of carbonyl (C=O) groups excluding carboxylic acids is 3. The lowest BCUT2D eigenvalue weighted by atomic mass is 9.97. The number of carboxylic acids is 2. The van der Waals surface area contributed by atoms with Crippen LogP contribution in [0, 0.1) is 11.8 Å². The van der Waals surface area contributed by atoms with Crippen LogP contribution in [0.5, 0.6) is 0 Å². The molecule has 0 bridgehead atoms. The molecule has 0 radical (unpaired) electrons. The minimum Gasteiger partial charge on any atom is -0.481 e. The van der Waals surface area contributed by atoms with E-state index in [0.29, 0.717) is 12.1 Å². The van der Waals surface area contributed by atoms with Gasteiger partial charge in [-0.3, -0.25) is 19.2 Å². The molecule has 1 heterocycles. The Kier molecular flexibility index (Phi) is 11.2. The van der Waals surface area contributed by atoms with Gasteiger partial charge < -0.3 is 36.9 Å². The fourth-order valence-electron chi connectivity index (χ4n) is 3.10. The van der Waals surface area contributed by atoms with E-state index < -0.39 is 66.2 Å². The average molecular weight is 483 g/mol. The topological polar surface area (TPSA) is 217 Å². The van der Waals surface area contributed by atoms with Gasteiger partial charge in [-0.15, -0.1) is 0 Å². The van der Waals surface area contributed by atoms with E-state index in [1.54, 1.807) is 27.7 Å². The molecule has 0 aliphatic rings. The molecule has 0 spiro atoms. The monoisotopic (exact) mass is 482 g/mol. The highest BCUT2D eigenvalue weighted by molar-refractivity contribution is 5.95. The number of aromatic amines is 1. The van der Waals surface area contributed by atoms with Crippen LogP contribution in [0.2, 0.25) is 0 Å². The molecule has 1 aromatic rings. The summed E-state index contributed by atoms with van der Waals surface area (Å²) in [5.41, 5.74) is 6.56. The predicted octanol–water partition coefficient (Wildman–Crippen LogP) is -1.00. The van der Waals surface area contributed by atoms with Crippen molar-refractivity contribution in [2.75, 3.05) is 0 Å². The second kappa shape index (κ2) is 13.3. The van der Waals surface area contributed by atoms with Gasteiger partial charge in [-0.2, -0.15) is 0 Å². The number of nitrogens with one attached hydrogen (secondary N) is 4. The van der Waals surface area contributed by atoms with Gasteiger partial charge in [0.05, 0.1) is 18.8 Å². The number of aliphatic carboxylic acids is 2. The van der Waals surface area contributed by atoms with E-state index in [1.165, 1.54) is 12.5 Å². The average Bonchev–Trinajstić information content (AvgIpc) is 3.26. The Balaban J connectivity index is 2.98. The molecule has 13 nitrogen and oxygen atoms in total. The molecule has 5 unspecified atom stereocenters. The van der Waals surface area contributed by atoms with Crippen LogP contribution >= 0.6 is 0 Å². The number of nitrogens with zero attached hydrogens (tertiary/aromatic N) is 1.